The van der Waals surface area contributed by atoms with Crippen LogP contribution >= 0.6 is 0 Å². The van der Waals surface area contributed by atoms with Crippen molar-refractivity contribution in [3.8, 4) is 17.2 Å². The highest BCUT2D eigenvalue weighted by Gasteiger charge is 2.22. The Morgan fingerprint density at radius 2 is 1.09 bits per heavy atom. The fourth-order valence-electron chi connectivity index (χ4n) is 2.38. The Kier molecular flexibility index (Phi) is 3.76. The molecule has 0 aliphatic rings. The van der Waals surface area contributed by atoms with Gasteiger partial charge in [0.2, 0.25) is 0 Å². The SMILES string of the molecule is Oc1ccccc1N(c1ccccc1O)c1cccc(F)c1O. The second kappa shape index (κ2) is 5.88. The second-order valence-electron chi connectivity index (χ2n) is 4.92. The van der Waals surface area contributed by atoms with E-state index < -0.39 is 11.6 Å². The minimum Gasteiger partial charge on any atom is -0.506 e. The molecule has 0 heterocycles. The number of phenolic OH excluding ortho intramolecular Hbond substituents is 3. The molecule has 0 aliphatic heterocycles. The average molecular weight is 311 g/mol. The van der Waals surface area contributed by atoms with Gasteiger partial charge in [0.15, 0.2) is 11.6 Å². The third-order valence-corrected chi connectivity index (χ3v) is 3.45. The van der Waals surface area contributed by atoms with E-state index in [1.165, 1.54) is 29.2 Å². The fraction of sp³-hybridized carbons (Fsp3) is 0. The number of rotatable bonds is 3. The predicted molar refractivity (Wildman–Crippen MR) is 86.1 cm³/mol. The maximum Gasteiger partial charge on any atom is 0.175 e. The molecule has 23 heavy (non-hydrogen) atoms. The van der Waals surface area contributed by atoms with Crippen molar-refractivity contribution in [3.05, 3.63) is 72.5 Å². The molecule has 0 amide bonds. The van der Waals surface area contributed by atoms with E-state index in [9.17, 15) is 19.7 Å². The number of phenols is 3. The minimum atomic E-state index is -0.793. The summed E-state index contributed by atoms with van der Waals surface area (Å²) in [4.78, 5) is 1.39. The molecule has 116 valence electrons. The number of para-hydroxylation sites is 5. The number of aromatic hydroxyl groups is 3. The van der Waals surface area contributed by atoms with Crippen LogP contribution in [0, 0.1) is 5.82 Å². The molecule has 0 atom stereocenters. The van der Waals surface area contributed by atoms with Crippen molar-refractivity contribution < 1.29 is 19.7 Å². The molecule has 0 unspecified atom stereocenters. The molecule has 3 N–H and O–H groups in total. The molecule has 0 saturated carbocycles. The van der Waals surface area contributed by atoms with Crippen LogP contribution in [0.4, 0.5) is 21.5 Å². The van der Waals surface area contributed by atoms with E-state index >= 15 is 0 Å². The summed E-state index contributed by atoms with van der Waals surface area (Å²) in [6.07, 6.45) is 0. The number of hydrogen-bond acceptors (Lipinski definition) is 4. The summed E-state index contributed by atoms with van der Waals surface area (Å²) < 4.78 is 13.8. The molecule has 3 aromatic rings. The lowest BCUT2D eigenvalue weighted by molar-refractivity contribution is 0.433. The first-order chi connectivity index (χ1) is 11.1. The first-order valence-corrected chi connectivity index (χ1v) is 6.93. The minimum absolute atomic E-state index is 0.0700. The van der Waals surface area contributed by atoms with Crippen molar-refractivity contribution >= 4 is 17.1 Å². The lowest BCUT2D eigenvalue weighted by Crippen LogP contribution is -2.11. The van der Waals surface area contributed by atoms with Gasteiger partial charge in [0.1, 0.15) is 11.5 Å². The van der Waals surface area contributed by atoms with Crippen LogP contribution in [0.1, 0.15) is 0 Å². The molecular weight excluding hydrogens is 297 g/mol. The van der Waals surface area contributed by atoms with E-state index in [2.05, 4.69) is 0 Å². The van der Waals surface area contributed by atoms with Crippen molar-refractivity contribution in [1.29, 1.82) is 0 Å². The molecule has 4 nitrogen and oxygen atoms in total. The van der Waals surface area contributed by atoms with Gasteiger partial charge in [-0.3, -0.25) is 4.90 Å². The highest BCUT2D eigenvalue weighted by molar-refractivity contribution is 5.85. The van der Waals surface area contributed by atoms with E-state index in [0.717, 1.165) is 6.07 Å². The predicted octanol–water partition coefficient (Wildman–Crippen LogP) is 4.41. The lowest BCUT2D eigenvalue weighted by Gasteiger charge is -2.27. The molecule has 0 fully saturated rings. The summed E-state index contributed by atoms with van der Waals surface area (Å²) in [7, 11) is 0. The fourth-order valence-corrected chi connectivity index (χ4v) is 2.38. The van der Waals surface area contributed by atoms with Gasteiger partial charge >= 0.3 is 0 Å². The Hall–Kier alpha value is -3.21. The molecule has 0 aliphatic carbocycles. The van der Waals surface area contributed by atoms with Crippen molar-refractivity contribution in [1.82, 2.24) is 0 Å². The maximum atomic E-state index is 13.8. The van der Waals surface area contributed by atoms with Crippen LogP contribution in [-0.4, -0.2) is 15.3 Å². The van der Waals surface area contributed by atoms with Gasteiger partial charge in [-0.1, -0.05) is 30.3 Å². The van der Waals surface area contributed by atoms with Gasteiger partial charge in [0.25, 0.3) is 0 Å². The largest absolute Gasteiger partial charge is 0.506 e. The molecule has 3 rings (SSSR count). The van der Waals surface area contributed by atoms with Gasteiger partial charge in [-0.2, -0.15) is 0 Å². The highest BCUT2D eigenvalue weighted by atomic mass is 19.1. The summed E-state index contributed by atoms with van der Waals surface area (Å²) in [5, 5.41) is 30.4. The van der Waals surface area contributed by atoms with Crippen molar-refractivity contribution in [2.45, 2.75) is 0 Å². The Balaban J connectivity index is 2.29. The Morgan fingerprint density at radius 3 is 1.61 bits per heavy atom. The van der Waals surface area contributed by atoms with Crippen molar-refractivity contribution in [2.24, 2.45) is 0 Å². The van der Waals surface area contributed by atoms with E-state index in [0.29, 0.717) is 11.4 Å². The van der Waals surface area contributed by atoms with Crippen LogP contribution in [0.15, 0.2) is 66.7 Å². The second-order valence-corrected chi connectivity index (χ2v) is 4.92. The molecule has 5 heteroatoms. The monoisotopic (exact) mass is 311 g/mol. The van der Waals surface area contributed by atoms with Gasteiger partial charge in [-0.05, 0) is 36.4 Å². The standard InChI is InChI=1S/C18H14FNO3/c19-12-6-5-9-15(18(12)23)20(13-7-1-3-10-16(13)21)14-8-2-4-11-17(14)22/h1-11,21-23H. The Bertz CT molecular complexity index is 806. The van der Waals surface area contributed by atoms with Crippen LogP contribution in [-0.2, 0) is 0 Å². The quantitative estimate of drug-likeness (QED) is 0.670. The number of hydrogen-bond donors (Lipinski definition) is 3. The topological polar surface area (TPSA) is 63.9 Å². The third kappa shape index (κ3) is 2.64. The lowest BCUT2D eigenvalue weighted by atomic mass is 10.1. The molecule has 0 saturated heterocycles. The zero-order valence-corrected chi connectivity index (χ0v) is 12.0. The summed E-state index contributed by atoms with van der Waals surface area (Å²) in [6.45, 7) is 0. The van der Waals surface area contributed by atoms with E-state index in [1.807, 2.05) is 0 Å². The number of nitrogens with zero attached hydrogens (tertiary/aromatic N) is 1. The van der Waals surface area contributed by atoms with Gasteiger partial charge < -0.3 is 15.3 Å². The van der Waals surface area contributed by atoms with E-state index in [4.69, 9.17) is 0 Å². The Labute approximate surface area is 132 Å². The first kappa shape index (κ1) is 14.7. The number of benzene rings is 3. The van der Waals surface area contributed by atoms with Gasteiger partial charge in [0.05, 0.1) is 17.1 Å². The molecule has 3 aromatic carbocycles. The van der Waals surface area contributed by atoms with Gasteiger partial charge in [-0.15, -0.1) is 0 Å². The third-order valence-electron chi connectivity index (χ3n) is 3.45. The van der Waals surface area contributed by atoms with Crippen molar-refractivity contribution in [3.63, 3.8) is 0 Å². The summed E-state index contributed by atoms with van der Waals surface area (Å²) in [5.74, 6) is -1.50. The number of halogens is 1. The number of anilines is 3. The molecule has 0 aromatic heterocycles. The zero-order chi connectivity index (χ0) is 16.4. The van der Waals surface area contributed by atoms with Gasteiger partial charge in [0, 0.05) is 0 Å². The van der Waals surface area contributed by atoms with Crippen LogP contribution in [0.25, 0.3) is 0 Å². The van der Waals surface area contributed by atoms with Gasteiger partial charge in [-0.25, -0.2) is 4.39 Å². The summed E-state index contributed by atoms with van der Waals surface area (Å²) >= 11 is 0. The zero-order valence-electron chi connectivity index (χ0n) is 12.0. The van der Waals surface area contributed by atoms with E-state index in [1.54, 1.807) is 36.4 Å². The summed E-state index contributed by atoms with van der Waals surface area (Å²) in [6, 6.07) is 16.9. The molecule has 0 radical (unpaired) electrons. The normalized spacial score (nSPS) is 10.5. The molecular formula is C18H14FNO3. The van der Waals surface area contributed by atoms with E-state index in [-0.39, 0.29) is 17.2 Å². The highest BCUT2D eigenvalue weighted by Crippen LogP contribution is 2.46. The first-order valence-electron chi connectivity index (χ1n) is 6.93. The van der Waals surface area contributed by atoms with Crippen LogP contribution in [0.3, 0.4) is 0 Å². The maximum absolute atomic E-state index is 13.8. The average Bonchev–Trinajstić information content (AvgIpc) is 2.55. The van der Waals surface area contributed by atoms with Crippen LogP contribution < -0.4 is 4.90 Å². The van der Waals surface area contributed by atoms with Crippen LogP contribution in [0.2, 0.25) is 0 Å². The summed E-state index contributed by atoms with van der Waals surface area (Å²) in [5.41, 5.74) is 0.706. The van der Waals surface area contributed by atoms with Crippen molar-refractivity contribution in [2.75, 3.05) is 4.90 Å². The molecule has 0 bridgehead atoms. The smallest absolute Gasteiger partial charge is 0.175 e. The van der Waals surface area contributed by atoms with Crippen LogP contribution in [0.5, 0.6) is 17.2 Å². The Morgan fingerprint density at radius 1 is 0.609 bits per heavy atom. The molecule has 0 spiro atoms.